The summed E-state index contributed by atoms with van der Waals surface area (Å²) in [6.07, 6.45) is 4.62. The molecule has 1 amide bonds. The predicted molar refractivity (Wildman–Crippen MR) is 81.9 cm³/mol. The van der Waals surface area contributed by atoms with Gasteiger partial charge in [-0.2, -0.15) is 9.29 Å². The molecule has 2 heterocycles. The number of aromatic nitrogens is 2. The van der Waals surface area contributed by atoms with Crippen LogP contribution in [-0.2, 0) is 14.8 Å². The molecule has 2 aliphatic rings. The van der Waals surface area contributed by atoms with Crippen LogP contribution >= 0.6 is 0 Å². The average Bonchev–Trinajstić information content (AvgIpc) is 2.71. The van der Waals surface area contributed by atoms with E-state index in [1.165, 1.54) is 10.6 Å². The van der Waals surface area contributed by atoms with Crippen molar-refractivity contribution in [2.75, 3.05) is 25.9 Å². The molecule has 1 atom stereocenters. The maximum absolute atomic E-state index is 12.4. The normalized spacial score (nSPS) is 24.3. The second kappa shape index (κ2) is 6.20. The fourth-order valence-electron chi connectivity index (χ4n) is 3.13. The molecule has 1 saturated heterocycles. The van der Waals surface area contributed by atoms with Crippen LogP contribution in [0.2, 0.25) is 0 Å². The molecule has 1 aromatic rings. The van der Waals surface area contributed by atoms with Gasteiger partial charge in [0.05, 0.1) is 6.26 Å². The van der Waals surface area contributed by atoms with Crippen LogP contribution in [0.4, 0.5) is 0 Å². The molecule has 0 spiro atoms. The van der Waals surface area contributed by atoms with Crippen LogP contribution in [0.3, 0.4) is 0 Å². The maximum Gasteiger partial charge on any atom is 0.245 e. The first-order valence-corrected chi connectivity index (χ1v) is 9.77. The molecule has 9 heteroatoms. The van der Waals surface area contributed by atoms with E-state index in [-0.39, 0.29) is 18.4 Å². The monoisotopic (exact) mass is 342 g/mol. The van der Waals surface area contributed by atoms with Gasteiger partial charge in [0.1, 0.15) is 6.04 Å². The first-order chi connectivity index (χ1) is 10.9. The zero-order valence-corrected chi connectivity index (χ0v) is 14.3. The molecule has 23 heavy (non-hydrogen) atoms. The molecule has 0 aromatic carbocycles. The highest BCUT2D eigenvalue weighted by Crippen LogP contribution is 2.31. The predicted octanol–water partition coefficient (Wildman–Crippen LogP) is 0.713. The number of nitrogens with zero attached hydrogens (tertiary/aromatic N) is 4. The van der Waals surface area contributed by atoms with Crippen molar-refractivity contribution in [3.63, 3.8) is 0 Å². The SMILES string of the molecule is Cc1noc(C2CCN(C(=O)C3CCC3)CCN2S(C)(=O)=O)n1. The lowest BCUT2D eigenvalue weighted by Gasteiger charge is -2.30. The van der Waals surface area contributed by atoms with Gasteiger partial charge in [-0.15, -0.1) is 0 Å². The van der Waals surface area contributed by atoms with Crippen molar-refractivity contribution in [2.24, 2.45) is 5.92 Å². The van der Waals surface area contributed by atoms with Gasteiger partial charge >= 0.3 is 0 Å². The summed E-state index contributed by atoms with van der Waals surface area (Å²) in [4.78, 5) is 18.4. The van der Waals surface area contributed by atoms with Gasteiger partial charge in [0, 0.05) is 25.6 Å². The van der Waals surface area contributed by atoms with Crippen molar-refractivity contribution < 1.29 is 17.7 Å². The highest BCUT2D eigenvalue weighted by molar-refractivity contribution is 7.88. The number of sulfonamides is 1. The molecule has 2 fully saturated rings. The fourth-order valence-corrected chi connectivity index (χ4v) is 4.21. The average molecular weight is 342 g/mol. The molecule has 0 N–H and O–H groups in total. The van der Waals surface area contributed by atoms with Gasteiger partial charge in [-0.1, -0.05) is 11.6 Å². The number of amides is 1. The lowest BCUT2D eigenvalue weighted by molar-refractivity contribution is -0.138. The Morgan fingerprint density at radius 3 is 2.48 bits per heavy atom. The molecule has 3 rings (SSSR count). The molecule has 1 saturated carbocycles. The van der Waals surface area contributed by atoms with E-state index < -0.39 is 16.1 Å². The minimum Gasteiger partial charge on any atom is -0.341 e. The van der Waals surface area contributed by atoms with Crippen molar-refractivity contribution in [3.05, 3.63) is 11.7 Å². The third-order valence-corrected chi connectivity index (χ3v) is 5.92. The zero-order valence-electron chi connectivity index (χ0n) is 13.4. The minimum atomic E-state index is -3.43. The fraction of sp³-hybridized carbons (Fsp3) is 0.786. The smallest absolute Gasteiger partial charge is 0.245 e. The number of aryl methyl sites for hydroxylation is 1. The van der Waals surface area contributed by atoms with Gasteiger partial charge in [-0.3, -0.25) is 4.79 Å². The number of carbonyl (C=O) groups excluding carboxylic acids is 1. The van der Waals surface area contributed by atoms with E-state index >= 15 is 0 Å². The lowest BCUT2D eigenvalue weighted by atomic mass is 9.84. The zero-order chi connectivity index (χ0) is 16.6. The molecule has 1 aliphatic heterocycles. The molecule has 0 bridgehead atoms. The van der Waals surface area contributed by atoms with Crippen molar-refractivity contribution in [1.29, 1.82) is 0 Å². The molecule has 1 aromatic heterocycles. The number of hydrogen-bond acceptors (Lipinski definition) is 6. The number of carbonyl (C=O) groups is 1. The Kier molecular flexibility index (Phi) is 4.41. The minimum absolute atomic E-state index is 0.115. The summed E-state index contributed by atoms with van der Waals surface area (Å²) in [5.41, 5.74) is 0. The summed E-state index contributed by atoms with van der Waals surface area (Å²) in [7, 11) is -3.43. The Balaban J connectivity index is 1.81. The number of rotatable bonds is 3. The van der Waals surface area contributed by atoms with Crippen LogP contribution in [0.1, 0.15) is 43.4 Å². The van der Waals surface area contributed by atoms with E-state index in [4.69, 9.17) is 4.52 Å². The first-order valence-electron chi connectivity index (χ1n) is 7.92. The van der Waals surface area contributed by atoms with Crippen molar-refractivity contribution in [1.82, 2.24) is 19.3 Å². The van der Waals surface area contributed by atoms with Gasteiger partial charge in [-0.05, 0) is 26.2 Å². The summed E-state index contributed by atoms with van der Waals surface area (Å²) in [6.45, 7) is 2.86. The summed E-state index contributed by atoms with van der Waals surface area (Å²) >= 11 is 0. The third kappa shape index (κ3) is 3.40. The van der Waals surface area contributed by atoms with Gasteiger partial charge in [0.15, 0.2) is 5.82 Å². The van der Waals surface area contributed by atoms with Gasteiger partial charge < -0.3 is 9.42 Å². The van der Waals surface area contributed by atoms with E-state index in [2.05, 4.69) is 10.1 Å². The molecule has 8 nitrogen and oxygen atoms in total. The standard InChI is InChI=1S/C14H22N4O4S/c1-10-15-13(22-16-10)12-6-7-17(14(19)11-4-3-5-11)8-9-18(12)23(2,20)21/h11-12H,3-9H2,1-2H3. The van der Waals surface area contributed by atoms with E-state index in [1.807, 2.05) is 0 Å². The Hall–Kier alpha value is -1.48. The first kappa shape index (κ1) is 16.4. The highest BCUT2D eigenvalue weighted by atomic mass is 32.2. The van der Waals surface area contributed by atoms with Crippen LogP contribution in [0.15, 0.2) is 4.52 Å². The Labute approximate surface area is 135 Å². The molecule has 128 valence electrons. The second-order valence-corrected chi connectivity index (χ2v) is 8.25. The largest absolute Gasteiger partial charge is 0.341 e. The van der Waals surface area contributed by atoms with E-state index in [0.717, 1.165) is 19.3 Å². The molecule has 1 unspecified atom stereocenters. The van der Waals surface area contributed by atoms with Crippen LogP contribution in [0.5, 0.6) is 0 Å². The Bertz CT molecular complexity index is 683. The van der Waals surface area contributed by atoms with Crippen LogP contribution < -0.4 is 0 Å². The van der Waals surface area contributed by atoms with E-state index in [9.17, 15) is 13.2 Å². The van der Waals surface area contributed by atoms with Gasteiger partial charge in [-0.25, -0.2) is 8.42 Å². The third-order valence-electron chi connectivity index (χ3n) is 4.63. The molecule has 0 radical (unpaired) electrons. The van der Waals surface area contributed by atoms with Gasteiger partial charge in [0.25, 0.3) is 0 Å². The summed E-state index contributed by atoms with van der Waals surface area (Å²) in [5.74, 6) is 1.03. The van der Waals surface area contributed by atoms with E-state index in [0.29, 0.717) is 31.2 Å². The van der Waals surface area contributed by atoms with Crippen molar-refractivity contribution >= 4 is 15.9 Å². The highest BCUT2D eigenvalue weighted by Gasteiger charge is 2.37. The quantitative estimate of drug-likeness (QED) is 0.803. The summed E-state index contributed by atoms with van der Waals surface area (Å²) < 4.78 is 30.8. The van der Waals surface area contributed by atoms with E-state index in [1.54, 1.807) is 11.8 Å². The molecular formula is C14H22N4O4S. The van der Waals surface area contributed by atoms with Crippen molar-refractivity contribution in [3.8, 4) is 0 Å². The van der Waals surface area contributed by atoms with Gasteiger partial charge in [0.2, 0.25) is 21.8 Å². The second-order valence-electron chi connectivity index (χ2n) is 6.31. The topological polar surface area (TPSA) is 96.6 Å². The van der Waals surface area contributed by atoms with Crippen LogP contribution in [0.25, 0.3) is 0 Å². The summed E-state index contributed by atoms with van der Waals surface area (Å²) in [5, 5.41) is 3.76. The number of hydrogen-bond donors (Lipinski definition) is 0. The maximum atomic E-state index is 12.4. The summed E-state index contributed by atoms with van der Waals surface area (Å²) in [6, 6.07) is -0.509. The molecule has 1 aliphatic carbocycles. The Morgan fingerprint density at radius 1 is 1.22 bits per heavy atom. The van der Waals surface area contributed by atoms with Crippen molar-refractivity contribution in [2.45, 2.75) is 38.6 Å². The lowest BCUT2D eigenvalue weighted by Crippen LogP contribution is -2.41. The van der Waals surface area contributed by atoms with Crippen LogP contribution in [-0.4, -0.2) is 59.6 Å². The Morgan fingerprint density at radius 2 is 1.96 bits per heavy atom. The molecular weight excluding hydrogens is 320 g/mol. The van der Waals surface area contributed by atoms with Crippen LogP contribution in [0, 0.1) is 12.8 Å².